The number of hydrogen-bond acceptors (Lipinski definition) is 6. The zero-order valence-corrected chi connectivity index (χ0v) is 21.1. The number of pyridine rings is 1. The van der Waals surface area contributed by atoms with E-state index in [2.05, 4.69) is 25.1 Å². The van der Waals surface area contributed by atoms with E-state index in [4.69, 9.17) is 14.7 Å². The molecule has 0 saturated carbocycles. The Bertz CT molecular complexity index is 1180. The van der Waals surface area contributed by atoms with Crippen molar-refractivity contribution in [1.29, 1.82) is 0 Å². The molecule has 0 aliphatic carbocycles. The van der Waals surface area contributed by atoms with Crippen LogP contribution in [0.5, 0.6) is 0 Å². The van der Waals surface area contributed by atoms with Gasteiger partial charge in [-0.1, -0.05) is 29.8 Å². The summed E-state index contributed by atoms with van der Waals surface area (Å²) in [5.41, 5.74) is 4.86. The van der Waals surface area contributed by atoms with Crippen LogP contribution >= 0.6 is 11.3 Å². The Hall–Kier alpha value is -2.58. The Balaban J connectivity index is 1.71. The van der Waals surface area contributed by atoms with Crippen molar-refractivity contribution in [1.82, 2.24) is 14.9 Å². The summed E-state index contributed by atoms with van der Waals surface area (Å²) in [7, 11) is -1.16. The fourth-order valence-corrected chi connectivity index (χ4v) is 6.10. The van der Waals surface area contributed by atoms with Crippen LogP contribution in [0.3, 0.4) is 0 Å². The maximum Gasteiger partial charge on any atom is 0.409 e. The van der Waals surface area contributed by atoms with Gasteiger partial charge in [0.15, 0.2) is 0 Å². The molecule has 1 amide bonds. The van der Waals surface area contributed by atoms with Gasteiger partial charge in [0.2, 0.25) is 0 Å². The van der Waals surface area contributed by atoms with Gasteiger partial charge in [-0.2, -0.15) is 0 Å². The third-order valence-corrected chi connectivity index (χ3v) is 8.06. The molecule has 0 spiro atoms. The quantitative estimate of drug-likeness (QED) is 0.475. The summed E-state index contributed by atoms with van der Waals surface area (Å²) in [5.74, 6) is 0.281. The van der Waals surface area contributed by atoms with E-state index in [9.17, 15) is 9.00 Å². The van der Waals surface area contributed by atoms with Gasteiger partial charge in [-0.05, 0) is 51.3 Å². The van der Waals surface area contributed by atoms with E-state index < -0.39 is 10.8 Å². The van der Waals surface area contributed by atoms with Gasteiger partial charge in [0.05, 0.1) is 38.7 Å². The predicted octanol–water partition coefficient (Wildman–Crippen LogP) is 5.56. The molecule has 0 N–H and O–H groups in total. The number of hydrogen-bond donors (Lipinski definition) is 0. The van der Waals surface area contributed by atoms with Crippen LogP contribution in [0.25, 0.3) is 21.8 Å². The number of likely N-dealkylation sites (tertiary alicyclic amines) is 1. The highest BCUT2D eigenvalue weighted by Gasteiger charge is 2.28. The minimum Gasteiger partial charge on any atom is -0.450 e. The summed E-state index contributed by atoms with van der Waals surface area (Å²) >= 11 is 1.66. The first-order valence-electron chi connectivity index (χ1n) is 11.2. The van der Waals surface area contributed by atoms with E-state index >= 15 is 0 Å². The van der Waals surface area contributed by atoms with Crippen LogP contribution in [-0.2, 0) is 15.5 Å². The summed E-state index contributed by atoms with van der Waals surface area (Å²) in [6.07, 6.45) is 3.13. The first-order chi connectivity index (χ1) is 15.9. The lowest BCUT2D eigenvalue weighted by atomic mass is 9.98. The van der Waals surface area contributed by atoms with Crippen LogP contribution in [0.2, 0.25) is 0 Å². The van der Waals surface area contributed by atoms with E-state index in [0.717, 1.165) is 45.2 Å². The van der Waals surface area contributed by atoms with Gasteiger partial charge in [0.1, 0.15) is 5.03 Å². The Kier molecular flexibility index (Phi) is 7.24. The highest BCUT2D eigenvalue weighted by molar-refractivity contribution is 7.84. The third-order valence-electron chi connectivity index (χ3n) is 5.86. The number of benzene rings is 1. The maximum atomic E-state index is 12.2. The molecule has 4 rings (SSSR count). The molecule has 1 fully saturated rings. The maximum absolute atomic E-state index is 12.2. The molecule has 3 heterocycles. The van der Waals surface area contributed by atoms with Crippen molar-refractivity contribution < 1.29 is 13.7 Å². The fourth-order valence-electron chi connectivity index (χ4n) is 4.12. The molecular formula is C25H29N3O3S2. The molecule has 1 atom stereocenters. The molecule has 2 aromatic heterocycles. The second-order valence-corrected chi connectivity index (χ2v) is 10.7. The predicted molar refractivity (Wildman–Crippen MR) is 133 cm³/mol. The van der Waals surface area contributed by atoms with Gasteiger partial charge >= 0.3 is 6.09 Å². The van der Waals surface area contributed by atoms with Gasteiger partial charge in [0.25, 0.3) is 0 Å². The number of nitrogens with zero attached hydrogens (tertiary/aromatic N) is 3. The number of ether oxygens (including phenoxy) is 1. The Morgan fingerprint density at radius 3 is 2.61 bits per heavy atom. The molecule has 3 aromatic rings. The van der Waals surface area contributed by atoms with Crippen LogP contribution in [0.15, 0.2) is 41.4 Å². The highest BCUT2D eigenvalue weighted by Crippen LogP contribution is 2.41. The van der Waals surface area contributed by atoms with Gasteiger partial charge in [-0.3, -0.25) is 4.21 Å². The van der Waals surface area contributed by atoms with Crippen LogP contribution in [0, 0.1) is 13.8 Å². The molecule has 1 aliphatic rings. The molecular weight excluding hydrogens is 454 g/mol. The summed E-state index contributed by atoms with van der Waals surface area (Å²) < 4.78 is 17.4. The number of amides is 1. The summed E-state index contributed by atoms with van der Waals surface area (Å²) in [6.45, 7) is 7.56. The average Bonchev–Trinajstić information content (AvgIpc) is 3.25. The van der Waals surface area contributed by atoms with Crippen molar-refractivity contribution in [3.63, 3.8) is 0 Å². The van der Waals surface area contributed by atoms with E-state index in [-0.39, 0.29) is 12.0 Å². The zero-order chi connectivity index (χ0) is 23.5. The number of carbonyl (C=O) groups is 1. The Labute approximate surface area is 201 Å². The SMILES string of the molecule is CCOC(=O)N1CCC(c2nc(-c3cccc(C)c3)c(-c3ccc(C)c(S(C)=O)n3)s2)CC1. The van der Waals surface area contributed by atoms with Gasteiger partial charge < -0.3 is 9.64 Å². The monoisotopic (exact) mass is 483 g/mol. The molecule has 0 bridgehead atoms. The second-order valence-electron chi connectivity index (χ2n) is 8.33. The first-order valence-corrected chi connectivity index (χ1v) is 13.6. The van der Waals surface area contributed by atoms with Crippen LogP contribution < -0.4 is 0 Å². The van der Waals surface area contributed by atoms with Crippen molar-refractivity contribution in [2.75, 3.05) is 26.0 Å². The first kappa shape index (κ1) is 23.6. The largest absolute Gasteiger partial charge is 0.450 e. The number of aromatic nitrogens is 2. The minimum absolute atomic E-state index is 0.236. The average molecular weight is 484 g/mol. The highest BCUT2D eigenvalue weighted by atomic mass is 32.2. The van der Waals surface area contributed by atoms with E-state index in [1.807, 2.05) is 32.0 Å². The summed E-state index contributed by atoms with van der Waals surface area (Å²) in [5, 5.41) is 1.67. The lowest BCUT2D eigenvalue weighted by molar-refractivity contribution is 0.0970. The number of piperidine rings is 1. The normalized spacial score (nSPS) is 15.5. The molecule has 1 unspecified atom stereocenters. The van der Waals surface area contributed by atoms with Crippen molar-refractivity contribution in [2.45, 2.75) is 44.6 Å². The number of aryl methyl sites for hydroxylation is 2. The van der Waals surface area contributed by atoms with Crippen molar-refractivity contribution in [2.24, 2.45) is 0 Å². The van der Waals surface area contributed by atoms with Crippen molar-refractivity contribution in [3.05, 3.63) is 52.5 Å². The molecule has 6 nitrogen and oxygen atoms in total. The molecule has 8 heteroatoms. The van der Waals surface area contributed by atoms with Crippen LogP contribution in [0.4, 0.5) is 4.79 Å². The number of thiazole rings is 1. The van der Waals surface area contributed by atoms with Gasteiger partial charge in [-0.15, -0.1) is 11.3 Å². The topological polar surface area (TPSA) is 72.4 Å². The van der Waals surface area contributed by atoms with Gasteiger partial charge in [0, 0.05) is 30.8 Å². The lowest BCUT2D eigenvalue weighted by Gasteiger charge is -2.30. The minimum atomic E-state index is -1.16. The second kappa shape index (κ2) is 10.1. The molecule has 1 aromatic carbocycles. The smallest absolute Gasteiger partial charge is 0.409 e. The van der Waals surface area contributed by atoms with Crippen molar-refractivity contribution in [3.8, 4) is 21.8 Å². The van der Waals surface area contributed by atoms with E-state index in [1.54, 1.807) is 22.5 Å². The molecule has 33 heavy (non-hydrogen) atoms. The standard InChI is InChI=1S/C25H29N3O3S2/c1-5-31-25(29)28-13-11-18(12-14-28)23-27-21(19-8-6-7-16(2)15-19)22(32-23)20-10-9-17(3)24(26-20)33(4)30/h6-10,15,18H,5,11-14H2,1-4H3. The fraction of sp³-hybridized carbons (Fsp3) is 0.400. The van der Waals surface area contributed by atoms with Crippen molar-refractivity contribution >= 4 is 28.2 Å². The van der Waals surface area contributed by atoms with E-state index in [0.29, 0.717) is 24.7 Å². The third kappa shape index (κ3) is 5.17. The lowest BCUT2D eigenvalue weighted by Crippen LogP contribution is -2.38. The zero-order valence-electron chi connectivity index (χ0n) is 19.5. The molecule has 0 radical (unpaired) electrons. The molecule has 1 saturated heterocycles. The van der Waals surface area contributed by atoms with Crippen LogP contribution in [-0.4, -0.2) is 51.1 Å². The molecule has 1 aliphatic heterocycles. The summed E-state index contributed by atoms with van der Waals surface area (Å²) in [4.78, 5) is 24.7. The molecule has 174 valence electrons. The van der Waals surface area contributed by atoms with Gasteiger partial charge in [-0.25, -0.2) is 14.8 Å². The summed E-state index contributed by atoms with van der Waals surface area (Å²) in [6, 6.07) is 12.3. The Morgan fingerprint density at radius 1 is 1.18 bits per heavy atom. The Morgan fingerprint density at radius 2 is 1.94 bits per heavy atom. The van der Waals surface area contributed by atoms with E-state index in [1.165, 1.54) is 5.56 Å². The van der Waals surface area contributed by atoms with Crippen LogP contribution in [0.1, 0.15) is 41.8 Å². The number of carbonyl (C=O) groups excluding carboxylic acids is 1. The number of rotatable bonds is 5.